The number of para-hydroxylation sites is 1. The normalized spacial score (nSPS) is 11.4. The Bertz CT molecular complexity index is 1400. The lowest BCUT2D eigenvalue weighted by Crippen LogP contribution is -2.13. The number of sulfone groups is 1. The lowest BCUT2D eigenvalue weighted by Gasteiger charge is -2.14. The minimum absolute atomic E-state index is 0.0582. The topological polar surface area (TPSA) is 140 Å². The predicted octanol–water partition coefficient (Wildman–Crippen LogP) is 4.00. The number of nitrogens with zero attached hydrogens (tertiary/aromatic N) is 3. The fourth-order valence-electron chi connectivity index (χ4n) is 2.79. The number of rotatable bonds is 11. The second kappa shape index (κ2) is 12.3. The molecule has 0 atom stereocenters. The number of benzene rings is 2. The van der Waals surface area contributed by atoms with Crippen LogP contribution < -0.4 is 19.5 Å². The van der Waals surface area contributed by atoms with E-state index >= 15 is 0 Å². The first-order valence-corrected chi connectivity index (χ1v) is 13.4. The molecule has 3 aromatic rings. The molecule has 0 aliphatic rings. The van der Waals surface area contributed by atoms with Gasteiger partial charge in [0.2, 0.25) is 15.0 Å². The summed E-state index contributed by atoms with van der Waals surface area (Å²) < 4.78 is 43.5. The van der Waals surface area contributed by atoms with E-state index in [2.05, 4.69) is 14.7 Å². The van der Waals surface area contributed by atoms with Gasteiger partial charge in [0.1, 0.15) is 17.4 Å². The standard InChI is InChI=1S/C23H21ClN4O6S2/c1-32-19-13-15(11-16(14-25)21(29)26-22-27-23(28-35-22)36(2,30)31)12-18(24)20(19)34-10-6-9-33-17-7-4-3-5-8-17/h3-5,7-8,11-13H,6,9-10H2,1-2H3,(H,26,27,28,29). The van der Waals surface area contributed by atoms with Gasteiger partial charge in [0, 0.05) is 24.2 Å². The maximum absolute atomic E-state index is 12.5. The van der Waals surface area contributed by atoms with Crippen LogP contribution in [0.2, 0.25) is 5.02 Å². The van der Waals surface area contributed by atoms with Crippen LogP contribution in [0.4, 0.5) is 5.13 Å². The summed E-state index contributed by atoms with van der Waals surface area (Å²) >= 11 is 7.06. The van der Waals surface area contributed by atoms with E-state index in [4.69, 9.17) is 25.8 Å². The second-order valence-corrected chi connectivity index (χ2v) is 10.2. The monoisotopic (exact) mass is 548 g/mol. The molecule has 3 rings (SSSR count). The summed E-state index contributed by atoms with van der Waals surface area (Å²) in [5, 5.41) is 11.6. The van der Waals surface area contributed by atoms with Crippen molar-refractivity contribution in [3.63, 3.8) is 0 Å². The Morgan fingerprint density at radius 1 is 1.22 bits per heavy atom. The van der Waals surface area contributed by atoms with Crippen LogP contribution in [-0.2, 0) is 14.6 Å². The van der Waals surface area contributed by atoms with Crippen molar-refractivity contribution in [1.82, 2.24) is 9.36 Å². The smallest absolute Gasteiger partial charge is 0.268 e. The summed E-state index contributed by atoms with van der Waals surface area (Å²) in [5.41, 5.74) is 0.147. The number of carbonyl (C=O) groups is 1. The van der Waals surface area contributed by atoms with E-state index in [1.54, 1.807) is 12.1 Å². The number of ether oxygens (including phenoxy) is 3. The molecule has 0 fully saturated rings. The molecule has 13 heteroatoms. The van der Waals surface area contributed by atoms with Crippen molar-refractivity contribution < 1.29 is 27.4 Å². The molecule has 1 amide bonds. The van der Waals surface area contributed by atoms with E-state index in [-0.39, 0.29) is 15.7 Å². The van der Waals surface area contributed by atoms with Gasteiger partial charge in [0.25, 0.3) is 11.1 Å². The largest absolute Gasteiger partial charge is 0.493 e. The van der Waals surface area contributed by atoms with Crippen molar-refractivity contribution in [2.24, 2.45) is 0 Å². The zero-order valence-electron chi connectivity index (χ0n) is 19.2. The molecule has 10 nitrogen and oxygen atoms in total. The van der Waals surface area contributed by atoms with Crippen LogP contribution in [0.3, 0.4) is 0 Å². The van der Waals surface area contributed by atoms with Crippen molar-refractivity contribution >= 4 is 50.1 Å². The maximum atomic E-state index is 12.5. The summed E-state index contributed by atoms with van der Waals surface area (Å²) in [5.74, 6) is 0.615. The molecule has 0 aliphatic heterocycles. The number of anilines is 1. The lowest BCUT2D eigenvalue weighted by molar-refractivity contribution is -0.112. The van der Waals surface area contributed by atoms with Crippen LogP contribution >= 0.6 is 23.1 Å². The molecule has 1 aromatic heterocycles. The van der Waals surface area contributed by atoms with Gasteiger partial charge in [0.05, 0.1) is 25.3 Å². The molecule has 0 saturated heterocycles. The van der Waals surface area contributed by atoms with Gasteiger partial charge in [0.15, 0.2) is 11.5 Å². The van der Waals surface area contributed by atoms with Gasteiger partial charge in [-0.1, -0.05) is 29.8 Å². The fraction of sp³-hybridized carbons (Fsp3) is 0.217. The van der Waals surface area contributed by atoms with E-state index in [0.29, 0.717) is 48.2 Å². The Labute approximate surface area is 217 Å². The molecular formula is C23H21ClN4O6S2. The Balaban J connectivity index is 1.66. The zero-order valence-corrected chi connectivity index (χ0v) is 21.6. The van der Waals surface area contributed by atoms with Gasteiger partial charge in [-0.15, -0.1) is 0 Å². The predicted molar refractivity (Wildman–Crippen MR) is 135 cm³/mol. The maximum Gasteiger partial charge on any atom is 0.268 e. The quantitative estimate of drug-likeness (QED) is 0.214. The van der Waals surface area contributed by atoms with Crippen molar-refractivity contribution in [3.05, 3.63) is 58.6 Å². The van der Waals surface area contributed by atoms with E-state index < -0.39 is 20.9 Å². The van der Waals surface area contributed by atoms with Crippen molar-refractivity contribution in [1.29, 1.82) is 5.26 Å². The number of carbonyl (C=O) groups excluding carboxylic acids is 1. The number of methoxy groups -OCH3 is 1. The van der Waals surface area contributed by atoms with Crippen LogP contribution in [0.1, 0.15) is 12.0 Å². The minimum Gasteiger partial charge on any atom is -0.493 e. The molecule has 0 saturated carbocycles. The van der Waals surface area contributed by atoms with E-state index in [1.807, 2.05) is 30.3 Å². The van der Waals surface area contributed by atoms with Gasteiger partial charge >= 0.3 is 0 Å². The van der Waals surface area contributed by atoms with Gasteiger partial charge in [-0.3, -0.25) is 10.1 Å². The molecule has 188 valence electrons. The number of nitriles is 1. The molecule has 0 spiro atoms. The Morgan fingerprint density at radius 2 is 1.94 bits per heavy atom. The zero-order chi connectivity index (χ0) is 26.1. The number of amides is 1. The number of hydrogen-bond donors (Lipinski definition) is 1. The first kappa shape index (κ1) is 26.9. The molecule has 0 unspecified atom stereocenters. The third-order valence-electron chi connectivity index (χ3n) is 4.43. The van der Waals surface area contributed by atoms with Crippen LogP contribution in [0, 0.1) is 11.3 Å². The molecule has 36 heavy (non-hydrogen) atoms. The number of aromatic nitrogens is 2. The van der Waals surface area contributed by atoms with Gasteiger partial charge in [-0.25, -0.2) is 8.42 Å². The van der Waals surface area contributed by atoms with Crippen LogP contribution in [0.25, 0.3) is 6.08 Å². The molecular weight excluding hydrogens is 528 g/mol. The first-order valence-electron chi connectivity index (χ1n) is 10.4. The van der Waals surface area contributed by atoms with E-state index in [9.17, 15) is 18.5 Å². The average Bonchev–Trinajstić information content (AvgIpc) is 3.33. The highest BCUT2D eigenvalue weighted by molar-refractivity contribution is 7.90. The van der Waals surface area contributed by atoms with E-state index in [1.165, 1.54) is 19.3 Å². The minimum atomic E-state index is -3.62. The van der Waals surface area contributed by atoms with Crippen LogP contribution in [-0.4, -0.2) is 50.3 Å². The summed E-state index contributed by atoms with van der Waals surface area (Å²) in [6.45, 7) is 0.771. The highest BCUT2D eigenvalue weighted by Gasteiger charge is 2.18. The number of halogens is 1. The average molecular weight is 549 g/mol. The Kier molecular flexibility index (Phi) is 9.24. The molecule has 0 radical (unpaired) electrons. The first-order chi connectivity index (χ1) is 17.2. The van der Waals surface area contributed by atoms with Crippen molar-refractivity contribution in [2.45, 2.75) is 11.6 Å². The third-order valence-corrected chi connectivity index (χ3v) is 6.31. The van der Waals surface area contributed by atoms with Gasteiger partial charge in [-0.2, -0.15) is 14.6 Å². The second-order valence-electron chi connectivity index (χ2n) is 7.18. The molecule has 2 aromatic carbocycles. The molecule has 1 heterocycles. The van der Waals surface area contributed by atoms with Gasteiger partial charge < -0.3 is 14.2 Å². The van der Waals surface area contributed by atoms with Crippen molar-refractivity contribution in [3.8, 4) is 23.3 Å². The van der Waals surface area contributed by atoms with Crippen molar-refractivity contribution in [2.75, 3.05) is 31.9 Å². The number of hydrogen-bond acceptors (Lipinski definition) is 10. The molecule has 1 N–H and O–H groups in total. The van der Waals surface area contributed by atoms with Gasteiger partial charge in [-0.05, 0) is 35.9 Å². The van der Waals surface area contributed by atoms with E-state index in [0.717, 1.165) is 12.0 Å². The highest BCUT2D eigenvalue weighted by Crippen LogP contribution is 2.37. The summed E-state index contributed by atoms with van der Waals surface area (Å²) in [4.78, 5) is 16.2. The summed E-state index contributed by atoms with van der Waals surface area (Å²) in [6, 6.07) is 14.3. The highest BCUT2D eigenvalue weighted by atomic mass is 35.5. The molecule has 0 bridgehead atoms. The Hall–Kier alpha value is -3.66. The summed E-state index contributed by atoms with van der Waals surface area (Å²) in [6.07, 6.45) is 2.85. The Morgan fingerprint density at radius 3 is 2.58 bits per heavy atom. The van der Waals surface area contributed by atoms with Crippen LogP contribution in [0.5, 0.6) is 17.2 Å². The summed E-state index contributed by atoms with van der Waals surface area (Å²) in [7, 11) is -2.18. The lowest BCUT2D eigenvalue weighted by atomic mass is 10.1. The van der Waals surface area contributed by atoms with Crippen LogP contribution in [0.15, 0.2) is 53.2 Å². The third kappa shape index (κ3) is 7.42. The fourth-order valence-corrected chi connectivity index (χ4v) is 4.51. The SMILES string of the molecule is COc1cc(C=C(C#N)C(=O)Nc2nc(S(C)(=O)=O)ns2)cc(Cl)c1OCCCOc1ccccc1. The number of nitrogens with one attached hydrogen (secondary N) is 1. The molecule has 0 aliphatic carbocycles.